The van der Waals surface area contributed by atoms with E-state index in [1.165, 1.54) is 18.9 Å². The van der Waals surface area contributed by atoms with Crippen LogP contribution in [0.15, 0.2) is 24.4 Å². The van der Waals surface area contributed by atoms with E-state index in [4.69, 9.17) is 0 Å². The largest absolute Gasteiger partial charge is 0.314 e. The fourth-order valence-corrected chi connectivity index (χ4v) is 2.33. The van der Waals surface area contributed by atoms with E-state index in [0.717, 1.165) is 24.0 Å². The van der Waals surface area contributed by atoms with E-state index in [9.17, 15) is 10.1 Å². The molecule has 0 amide bonds. The molecule has 0 spiro atoms. The number of nitrogens with zero attached hydrogens (tertiary/aromatic N) is 3. The molecule has 1 aromatic heterocycles. The standard InChI is InChI=1S/C14H18N4O2/c1-10(7-15-12-3-4-12)9-17-14-6-13(18(19)20)5-2-11(14)8-16-17/h2,5-6,8,10,12,15H,3-4,7,9H2,1H3. The molecule has 1 aromatic carbocycles. The van der Waals surface area contributed by atoms with Gasteiger partial charge in [-0.3, -0.25) is 14.8 Å². The van der Waals surface area contributed by atoms with Crippen LogP contribution in [0.25, 0.3) is 10.9 Å². The van der Waals surface area contributed by atoms with Crippen molar-refractivity contribution in [2.24, 2.45) is 5.92 Å². The monoisotopic (exact) mass is 274 g/mol. The molecule has 20 heavy (non-hydrogen) atoms. The van der Waals surface area contributed by atoms with Gasteiger partial charge in [-0.15, -0.1) is 0 Å². The topological polar surface area (TPSA) is 73.0 Å². The molecule has 1 aliphatic rings. The van der Waals surface area contributed by atoms with Crippen LogP contribution < -0.4 is 5.32 Å². The Bertz CT molecular complexity index is 633. The molecule has 0 radical (unpaired) electrons. The smallest absolute Gasteiger partial charge is 0.271 e. The zero-order valence-corrected chi connectivity index (χ0v) is 11.5. The van der Waals surface area contributed by atoms with Crippen molar-refractivity contribution in [2.45, 2.75) is 32.4 Å². The predicted octanol–water partition coefficient (Wildman–Crippen LogP) is 2.33. The van der Waals surface area contributed by atoms with Crippen molar-refractivity contribution in [3.8, 4) is 0 Å². The lowest BCUT2D eigenvalue weighted by atomic mass is 10.1. The summed E-state index contributed by atoms with van der Waals surface area (Å²) in [5.41, 5.74) is 0.945. The minimum Gasteiger partial charge on any atom is -0.314 e. The average molecular weight is 274 g/mol. The second-order valence-electron chi connectivity index (χ2n) is 5.61. The maximum atomic E-state index is 10.9. The van der Waals surface area contributed by atoms with Crippen molar-refractivity contribution >= 4 is 16.6 Å². The molecular formula is C14H18N4O2. The average Bonchev–Trinajstić information content (AvgIpc) is 3.18. The van der Waals surface area contributed by atoms with Crippen molar-refractivity contribution in [1.82, 2.24) is 15.1 Å². The van der Waals surface area contributed by atoms with Crippen LogP contribution in [0.3, 0.4) is 0 Å². The number of nitro groups is 1. The Labute approximate surface area is 116 Å². The van der Waals surface area contributed by atoms with Crippen LogP contribution in [-0.4, -0.2) is 27.3 Å². The normalized spacial score (nSPS) is 16.4. The number of benzene rings is 1. The predicted molar refractivity (Wildman–Crippen MR) is 76.6 cm³/mol. The lowest BCUT2D eigenvalue weighted by Gasteiger charge is -2.13. The summed E-state index contributed by atoms with van der Waals surface area (Å²) in [7, 11) is 0. The van der Waals surface area contributed by atoms with Crippen molar-refractivity contribution < 1.29 is 4.92 Å². The molecule has 3 rings (SSSR count). The summed E-state index contributed by atoms with van der Waals surface area (Å²) < 4.78 is 1.86. The van der Waals surface area contributed by atoms with Crippen molar-refractivity contribution in [3.05, 3.63) is 34.5 Å². The third-order valence-corrected chi connectivity index (χ3v) is 3.66. The van der Waals surface area contributed by atoms with Crippen LogP contribution in [0.2, 0.25) is 0 Å². The summed E-state index contributed by atoms with van der Waals surface area (Å²) in [6.45, 7) is 3.89. The van der Waals surface area contributed by atoms with Crippen molar-refractivity contribution in [2.75, 3.05) is 6.54 Å². The summed E-state index contributed by atoms with van der Waals surface area (Å²) in [5, 5.41) is 19.6. The first kappa shape index (κ1) is 13.1. The minimum atomic E-state index is -0.366. The highest BCUT2D eigenvalue weighted by Crippen LogP contribution is 2.22. The number of rotatable bonds is 6. The summed E-state index contributed by atoms with van der Waals surface area (Å²) in [5.74, 6) is 0.443. The van der Waals surface area contributed by atoms with Gasteiger partial charge in [0.05, 0.1) is 16.6 Å². The van der Waals surface area contributed by atoms with Gasteiger partial charge < -0.3 is 5.32 Å². The van der Waals surface area contributed by atoms with Gasteiger partial charge in [0.15, 0.2) is 0 Å². The molecule has 2 aromatic rings. The Morgan fingerprint density at radius 1 is 1.55 bits per heavy atom. The van der Waals surface area contributed by atoms with Gasteiger partial charge in [-0.2, -0.15) is 5.10 Å². The van der Waals surface area contributed by atoms with Crippen LogP contribution in [0.5, 0.6) is 0 Å². The molecule has 1 atom stereocenters. The minimum absolute atomic E-state index is 0.114. The highest BCUT2D eigenvalue weighted by atomic mass is 16.6. The number of hydrogen-bond acceptors (Lipinski definition) is 4. The molecular weight excluding hydrogens is 256 g/mol. The van der Waals surface area contributed by atoms with Gasteiger partial charge in [0.2, 0.25) is 0 Å². The molecule has 1 N–H and O–H groups in total. The second-order valence-corrected chi connectivity index (χ2v) is 5.61. The second kappa shape index (κ2) is 5.20. The summed E-state index contributed by atoms with van der Waals surface area (Å²) in [4.78, 5) is 10.5. The molecule has 106 valence electrons. The summed E-state index contributed by atoms with van der Waals surface area (Å²) >= 11 is 0. The molecule has 0 saturated heterocycles. The first-order valence-corrected chi connectivity index (χ1v) is 6.97. The maximum Gasteiger partial charge on any atom is 0.271 e. The first-order valence-electron chi connectivity index (χ1n) is 6.97. The molecule has 1 unspecified atom stereocenters. The molecule has 6 nitrogen and oxygen atoms in total. The number of nitrogens with one attached hydrogen (secondary N) is 1. The fourth-order valence-electron chi connectivity index (χ4n) is 2.33. The number of nitro benzene ring substituents is 1. The van der Waals surface area contributed by atoms with E-state index in [1.807, 2.05) is 4.68 Å². The van der Waals surface area contributed by atoms with Gasteiger partial charge >= 0.3 is 0 Å². The third-order valence-electron chi connectivity index (χ3n) is 3.66. The lowest BCUT2D eigenvalue weighted by molar-refractivity contribution is -0.384. The Morgan fingerprint density at radius 2 is 2.35 bits per heavy atom. The van der Waals surface area contributed by atoms with E-state index in [-0.39, 0.29) is 10.6 Å². The fraction of sp³-hybridized carbons (Fsp3) is 0.500. The SMILES string of the molecule is CC(CNC1CC1)Cn1ncc2ccc([N+](=O)[O-])cc21. The van der Waals surface area contributed by atoms with Crippen LogP contribution in [0.1, 0.15) is 19.8 Å². The van der Waals surface area contributed by atoms with Crippen LogP contribution >= 0.6 is 0 Å². The van der Waals surface area contributed by atoms with Crippen LogP contribution in [0, 0.1) is 16.0 Å². The van der Waals surface area contributed by atoms with Crippen molar-refractivity contribution in [3.63, 3.8) is 0 Å². The van der Waals surface area contributed by atoms with E-state index in [2.05, 4.69) is 17.3 Å². The summed E-state index contributed by atoms with van der Waals surface area (Å²) in [6, 6.07) is 5.58. The number of fused-ring (bicyclic) bond motifs is 1. The van der Waals surface area contributed by atoms with Gasteiger partial charge in [0.25, 0.3) is 5.69 Å². The number of hydrogen-bond donors (Lipinski definition) is 1. The van der Waals surface area contributed by atoms with Gasteiger partial charge in [-0.05, 0) is 31.4 Å². The summed E-state index contributed by atoms with van der Waals surface area (Å²) in [6.07, 6.45) is 4.33. The molecule has 6 heteroatoms. The molecule has 0 aliphatic heterocycles. The molecule has 0 bridgehead atoms. The zero-order chi connectivity index (χ0) is 14.1. The Balaban J connectivity index is 1.75. The van der Waals surface area contributed by atoms with Crippen molar-refractivity contribution in [1.29, 1.82) is 0 Å². The van der Waals surface area contributed by atoms with Gasteiger partial charge in [0, 0.05) is 30.1 Å². The Morgan fingerprint density at radius 3 is 3.05 bits per heavy atom. The van der Waals surface area contributed by atoms with E-state index >= 15 is 0 Å². The maximum absolute atomic E-state index is 10.9. The number of non-ortho nitro benzene ring substituents is 1. The third kappa shape index (κ3) is 2.80. The molecule has 1 saturated carbocycles. The molecule has 1 aliphatic carbocycles. The Kier molecular flexibility index (Phi) is 3.40. The first-order chi connectivity index (χ1) is 9.63. The number of aromatic nitrogens is 2. The molecule has 1 fully saturated rings. The van der Waals surface area contributed by atoms with Crippen LogP contribution in [-0.2, 0) is 6.54 Å². The lowest BCUT2D eigenvalue weighted by Crippen LogP contribution is -2.26. The Hall–Kier alpha value is -1.95. The quantitative estimate of drug-likeness (QED) is 0.648. The van der Waals surface area contributed by atoms with Gasteiger partial charge in [-0.25, -0.2) is 0 Å². The van der Waals surface area contributed by atoms with E-state index in [0.29, 0.717) is 12.0 Å². The highest BCUT2D eigenvalue weighted by Gasteiger charge is 2.21. The van der Waals surface area contributed by atoms with Gasteiger partial charge in [-0.1, -0.05) is 6.92 Å². The van der Waals surface area contributed by atoms with Crippen LogP contribution in [0.4, 0.5) is 5.69 Å². The highest BCUT2D eigenvalue weighted by molar-refractivity contribution is 5.80. The van der Waals surface area contributed by atoms with E-state index < -0.39 is 0 Å². The zero-order valence-electron chi connectivity index (χ0n) is 11.5. The van der Waals surface area contributed by atoms with Gasteiger partial charge in [0.1, 0.15) is 0 Å². The molecule has 1 heterocycles. The van der Waals surface area contributed by atoms with E-state index in [1.54, 1.807) is 18.3 Å².